The van der Waals surface area contributed by atoms with Crippen molar-refractivity contribution in [1.82, 2.24) is 4.90 Å². The van der Waals surface area contributed by atoms with Gasteiger partial charge in [-0.05, 0) is 32.9 Å². The largest absolute Gasteiger partial charge is 0.368 e. The molecule has 64 valence electrons. The maximum absolute atomic E-state index is 11.1. The number of rotatable bonds is 2. The van der Waals surface area contributed by atoms with Crippen LogP contribution < -0.4 is 5.73 Å². The summed E-state index contributed by atoms with van der Waals surface area (Å²) in [6, 6.07) is 0. The lowest BCUT2D eigenvalue weighted by Gasteiger charge is -2.31. The number of nitrogens with zero attached hydrogens (tertiary/aromatic N) is 1. The van der Waals surface area contributed by atoms with Crippen molar-refractivity contribution in [3.8, 4) is 0 Å². The molecule has 1 aliphatic rings. The van der Waals surface area contributed by atoms with Gasteiger partial charge in [0.15, 0.2) is 0 Å². The first-order chi connectivity index (χ1) is 5.13. The number of likely N-dealkylation sites (tertiary alicyclic amines) is 1. The zero-order valence-corrected chi connectivity index (χ0v) is 7.26. The van der Waals surface area contributed by atoms with E-state index >= 15 is 0 Å². The van der Waals surface area contributed by atoms with Gasteiger partial charge in [0.05, 0.1) is 5.54 Å². The molecule has 1 fully saturated rings. The summed E-state index contributed by atoms with van der Waals surface area (Å²) in [7, 11) is 1.97. The van der Waals surface area contributed by atoms with Crippen LogP contribution in [0.3, 0.4) is 0 Å². The molecule has 1 atom stereocenters. The van der Waals surface area contributed by atoms with Crippen LogP contribution in [0.1, 0.15) is 26.2 Å². The van der Waals surface area contributed by atoms with Gasteiger partial charge in [0.25, 0.3) is 0 Å². The summed E-state index contributed by atoms with van der Waals surface area (Å²) in [4.78, 5) is 13.2. The standard InChI is InChI=1S/C8H16N2O/c1-3-8(7(9)11)5-4-6-10(8)2/h3-6H2,1-2H3,(H2,9,11)/t8-/m0/s1. The van der Waals surface area contributed by atoms with Crippen molar-refractivity contribution in [2.45, 2.75) is 31.7 Å². The molecule has 0 radical (unpaired) electrons. The topological polar surface area (TPSA) is 46.3 Å². The Balaban J connectivity index is 2.82. The molecule has 0 unspecified atom stereocenters. The molecule has 1 heterocycles. The normalized spacial score (nSPS) is 32.5. The molecule has 0 aromatic heterocycles. The number of hydrogen-bond donors (Lipinski definition) is 1. The van der Waals surface area contributed by atoms with Crippen molar-refractivity contribution >= 4 is 5.91 Å². The van der Waals surface area contributed by atoms with Gasteiger partial charge < -0.3 is 5.73 Å². The molecule has 0 aromatic rings. The van der Waals surface area contributed by atoms with Crippen LogP contribution in [0.5, 0.6) is 0 Å². The van der Waals surface area contributed by atoms with Crippen molar-refractivity contribution in [3.05, 3.63) is 0 Å². The Kier molecular flexibility index (Phi) is 2.18. The van der Waals surface area contributed by atoms with Crippen molar-refractivity contribution in [2.24, 2.45) is 5.73 Å². The molecule has 11 heavy (non-hydrogen) atoms. The minimum Gasteiger partial charge on any atom is -0.368 e. The van der Waals surface area contributed by atoms with Gasteiger partial charge >= 0.3 is 0 Å². The van der Waals surface area contributed by atoms with Gasteiger partial charge in [0.2, 0.25) is 5.91 Å². The highest BCUT2D eigenvalue weighted by Gasteiger charge is 2.42. The van der Waals surface area contributed by atoms with Crippen molar-refractivity contribution in [1.29, 1.82) is 0 Å². The SMILES string of the molecule is CC[C@@]1(C(N)=O)CCCN1C. The van der Waals surface area contributed by atoms with Crippen LogP contribution >= 0.6 is 0 Å². The highest BCUT2D eigenvalue weighted by atomic mass is 16.1. The van der Waals surface area contributed by atoms with E-state index in [9.17, 15) is 4.79 Å². The first kappa shape index (κ1) is 8.53. The van der Waals surface area contributed by atoms with E-state index in [1.165, 1.54) is 0 Å². The number of carbonyl (C=O) groups is 1. The van der Waals surface area contributed by atoms with E-state index in [1.807, 2.05) is 14.0 Å². The average Bonchev–Trinajstić information content (AvgIpc) is 2.32. The summed E-state index contributed by atoms with van der Waals surface area (Å²) in [5.74, 6) is -0.167. The Labute approximate surface area is 67.5 Å². The lowest BCUT2D eigenvalue weighted by Crippen LogP contribution is -2.51. The number of carbonyl (C=O) groups excluding carboxylic acids is 1. The van der Waals surface area contributed by atoms with Crippen LogP contribution in [0.2, 0.25) is 0 Å². The van der Waals surface area contributed by atoms with Crippen molar-refractivity contribution < 1.29 is 4.79 Å². The zero-order chi connectivity index (χ0) is 8.48. The van der Waals surface area contributed by atoms with Crippen LogP contribution in [-0.2, 0) is 4.79 Å². The Morgan fingerprint density at radius 2 is 2.36 bits per heavy atom. The second-order valence-electron chi connectivity index (χ2n) is 3.27. The first-order valence-corrected chi connectivity index (χ1v) is 4.14. The molecule has 0 aliphatic carbocycles. The van der Waals surface area contributed by atoms with E-state index in [2.05, 4.69) is 4.90 Å². The second kappa shape index (κ2) is 2.81. The number of likely N-dealkylation sites (N-methyl/N-ethyl adjacent to an activating group) is 1. The maximum Gasteiger partial charge on any atom is 0.237 e. The molecule has 0 aromatic carbocycles. The minimum atomic E-state index is -0.333. The molecular weight excluding hydrogens is 140 g/mol. The predicted molar refractivity (Wildman–Crippen MR) is 44.1 cm³/mol. The predicted octanol–water partition coefficient (Wildman–Crippen LogP) is 0.346. The van der Waals surface area contributed by atoms with Crippen molar-refractivity contribution in [3.63, 3.8) is 0 Å². The lowest BCUT2D eigenvalue weighted by atomic mass is 9.92. The van der Waals surface area contributed by atoms with Crippen LogP contribution in [-0.4, -0.2) is 29.9 Å². The second-order valence-corrected chi connectivity index (χ2v) is 3.27. The number of hydrogen-bond acceptors (Lipinski definition) is 2. The van der Waals surface area contributed by atoms with E-state index in [1.54, 1.807) is 0 Å². The molecule has 0 spiro atoms. The molecule has 1 aliphatic heterocycles. The monoisotopic (exact) mass is 156 g/mol. The van der Waals surface area contributed by atoms with Gasteiger partial charge in [0, 0.05) is 0 Å². The summed E-state index contributed by atoms with van der Waals surface area (Å²) >= 11 is 0. The van der Waals surface area contributed by atoms with Gasteiger partial charge in [-0.2, -0.15) is 0 Å². The van der Waals surface area contributed by atoms with Crippen LogP contribution in [0.15, 0.2) is 0 Å². The third kappa shape index (κ3) is 1.13. The van der Waals surface area contributed by atoms with Gasteiger partial charge in [0.1, 0.15) is 0 Å². The minimum absolute atomic E-state index is 0.167. The first-order valence-electron chi connectivity index (χ1n) is 4.14. The molecule has 3 heteroatoms. The van der Waals surface area contributed by atoms with E-state index < -0.39 is 0 Å². The third-order valence-electron chi connectivity index (χ3n) is 2.86. The Bertz CT molecular complexity index is 169. The number of primary amides is 1. The van der Waals surface area contributed by atoms with Gasteiger partial charge in [-0.1, -0.05) is 6.92 Å². The average molecular weight is 156 g/mol. The third-order valence-corrected chi connectivity index (χ3v) is 2.86. The fourth-order valence-corrected chi connectivity index (χ4v) is 1.95. The quantitative estimate of drug-likeness (QED) is 0.627. The van der Waals surface area contributed by atoms with Crippen LogP contribution in [0, 0.1) is 0 Å². The van der Waals surface area contributed by atoms with Gasteiger partial charge in [-0.25, -0.2) is 0 Å². The zero-order valence-electron chi connectivity index (χ0n) is 7.26. The lowest BCUT2D eigenvalue weighted by molar-refractivity contribution is -0.128. The molecule has 2 N–H and O–H groups in total. The highest BCUT2D eigenvalue weighted by Crippen LogP contribution is 2.30. The summed E-state index contributed by atoms with van der Waals surface area (Å²) in [6.45, 7) is 3.02. The summed E-state index contributed by atoms with van der Waals surface area (Å²) in [5, 5.41) is 0. The van der Waals surface area contributed by atoms with E-state index in [-0.39, 0.29) is 11.4 Å². The highest BCUT2D eigenvalue weighted by molar-refractivity contribution is 5.84. The summed E-state index contributed by atoms with van der Waals surface area (Å²) < 4.78 is 0. The van der Waals surface area contributed by atoms with Gasteiger partial charge in [-0.15, -0.1) is 0 Å². The molecule has 0 bridgehead atoms. The summed E-state index contributed by atoms with van der Waals surface area (Å²) in [6.07, 6.45) is 2.85. The molecule has 3 nitrogen and oxygen atoms in total. The van der Waals surface area contributed by atoms with Gasteiger partial charge in [-0.3, -0.25) is 9.69 Å². The Morgan fingerprint density at radius 1 is 1.73 bits per heavy atom. The molecule has 1 amide bonds. The van der Waals surface area contributed by atoms with Crippen LogP contribution in [0.25, 0.3) is 0 Å². The fourth-order valence-electron chi connectivity index (χ4n) is 1.95. The Morgan fingerprint density at radius 3 is 2.55 bits per heavy atom. The fraction of sp³-hybridized carbons (Fsp3) is 0.875. The van der Waals surface area contributed by atoms with Crippen LogP contribution in [0.4, 0.5) is 0 Å². The molecule has 0 saturated carbocycles. The van der Waals surface area contributed by atoms with E-state index in [0.29, 0.717) is 0 Å². The molecular formula is C8H16N2O. The number of nitrogens with two attached hydrogens (primary N) is 1. The molecule has 1 saturated heterocycles. The summed E-state index contributed by atoms with van der Waals surface area (Å²) in [5.41, 5.74) is 5.02. The maximum atomic E-state index is 11.1. The number of amides is 1. The molecule has 1 rings (SSSR count). The van der Waals surface area contributed by atoms with E-state index in [0.717, 1.165) is 25.8 Å². The van der Waals surface area contributed by atoms with Crippen molar-refractivity contribution in [2.75, 3.05) is 13.6 Å². The smallest absolute Gasteiger partial charge is 0.237 e. The van der Waals surface area contributed by atoms with E-state index in [4.69, 9.17) is 5.73 Å². The Hall–Kier alpha value is -0.570.